The first-order valence-electron chi connectivity index (χ1n) is 5.99. The summed E-state index contributed by atoms with van der Waals surface area (Å²) in [4.78, 5) is 15.3. The standard InChI is InChI=1S/C14H15N3O/c1-11(18)6-5-9-14-16-13(10-15-17-14)12-7-3-2-4-8-12/h2-4,7-8,10H,5-6,9H2,1H3. The van der Waals surface area contributed by atoms with Gasteiger partial charge in [0.1, 0.15) is 5.78 Å². The molecule has 0 saturated heterocycles. The van der Waals surface area contributed by atoms with Gasteiger partial charge in [-0.3, -0.25) is 0 Å². The van der Waals surface area contributed by atoms with Crippen molar-refractivity contribution in [2.45, 2.75) is 26.2 Å². The van der Waals surface area contributed by atoms with Crippen LogP contribution in [0, 0.1) is 0 Å². The first-order chi connectivity index (χ1) is 8.75. The summed E-state index contributed by atoms with van der Waals surface area (Å²) < 4.78 is 0. The zero-order valence-corrected chi connectivity index (χ0v) is 10.3. The summed E-state index contributed by atoms with van der Waals surface area (Å²) in [6.45, 7) is 1.60. The molecule has 2 rings (SSSR count). The van der Waals surface area contributed by atoms with Gasteiger partial charge in [-0.15, -0.1) is 5.10 Å². The van der Waals surface area contributed by atoms with Crippen molar-refractivity contribution >= 4 is 5.78 Å². The Morgan fingerprint density at radius 1 is 1.22 bits per heavy atom. The van der Waals surface area contributed by atoms with E-state index in [1.165, 1.54) is 0 Å². The molecule has 0 unspecified atom stereocenters. The number of rotatable bonds is 5. The molecule has 0 spiro atoms. The number of benzene rings is 1. The number of ketones is 1. The van der Waals surface area contributed by atoms with Gasteiger partial charge < -0.3 is 4.79 Å². The summed E-state index contributed by atoms with van der Waals surface area (Å²) in [5.74, 6) is 0.889. The van der Waals surface area contributed by atoms with Crippen molar-refractivity contribution in [3.8, 4) is 11.3 Å². The molecule has 0 N–H and O–H groups in total. The van der Waals surface area contributed by atoms with E-state index in [1.807, 2.05) is 30.3 Å². The van der Waals surface area contributed by atoms with Gasteiger partial charge in [0.05, 0.1) is 11.9 Å². The summed E-state index contributed by atoms with van der Waals surface area (Å²) in [7, 11) is 0. The molecule has 0 radical (unpaired) electrons. The van der Waals surface area contributed by atoms with E-state index in [4.69, 9.17) is 0 Å². The highest BCUT2D eigenvalue weighted by Crippen LogP contribution is 2.14. The van der Waals surface area contributed by atoms with E-state index in [9.17, 15) is 4.79 Å². The Bertz CT molecular complexity index is 526. The monoisotopic (exact) mass is 241 g/mol. The first kappa shape index (κ1) is 12.4. The molecule has 4 nitrogen and oxygen atoms in total. The molecule has 0 saturated carbocycles. The Kier molecular flexibility index (Phi) is 4.12. The molecule has 1 aromatic carbocycles. The van der Waals surface area contributed by atoms with Gasteiger partial charge in [-0.2, -0.15) is 5.10 Å². The van der Waals surface area contributed by atoms with Gasteiger partial charge in [0, 0.05) is 18.4 Å². The van der Waals surface area contributed by atoms with Gasteiger partial charge in [0.15, 0.2) is 5.82 Å². The number of aromatic nitrogens is 3. The molecule has 2 aromatic rings. The lowest BCUT2D eigenvalue weighted by Crippen LogP contribution is -2.00. The molecule has 1 aromatic heterocycles. The number of Topliss-reactive ketones (excluding diaryl/α,β-unsaturated/α-hetero) is 1. The fourth-order valence-corrected chi connectivity index (χ4v) is 1.69. The summed E-state index contributed by atoms with van der Waals surface area (Å²) in [5.41, 5.74) is 1.85. The lowest BCUT2D eigenvalue weighted by atomic mass is 10.1. The number of hydrogen-bond acceptors (Lipinski definition) is 4. The van der Waals surface area contributed by atoms with Crippen molar-refractivity contribution in [3.05, 3.63) is 42.4 Å². The number of nitrogens with zero attached hydrogens (tertiary/aromatic N) is 3. The zero-order chi connectivity index (χ0) is 12.8. The topological polar surface area (TPSA) is 55.7 Å². The normalized spacial score (nSPS) is 10.3. The third-order valence-electron chi connectivity index (χ3n) is 2.60. The Labute approximate surface area is 106 Å². The molecule has 0 fully saturated rings. The Morgan fingerprint density at radius 3 is 2.72 bits per heavy atom. The molecule has 4 heteroatoms. The Hall–Kier alpha value is -2.10. The van der Waals surface area contributed by atoms with Crippen LogP contribution in [0.5, 0.6) is 0 Å². The largest absolute Gasteiger partial charge is 0.300 e. The number of hydrogen-bond donors (Lipinski definition) is 0. The molecule has 0 amide bonds. The van der Waals surface area contributed by atoms with E-state index in [-0.39, 0.29) is 5.78 Å². The van der Waals surface area contributed by atoms with Crippen LogP contribution in [0.4, 0.5) is 0 Å². The van der Waals surface area contributed by atoms with Gasteiger partial charge in [-0.25, -0.2) is 4.98 Å². The molecule has 18 heavy (non-hydrogen) atoms. The molecule has 0 bridgehead atoms. The minimum atomic E-state index is 0.196. The number of aryl methyl sites for hydroxylation is 1. The zero-order valence-electron chi connectivity index (χ0n) is 10.3. The molecule has 92 valence electrons. The SMILES string of the molecule is CC(=O)CCCc1nncc(-c2ccccc2)n1. The highest BCUT2D eigenvalue weighted by atomic mass is 16.1. The smallest absolute Gasteiger partial charge is 0.151 e. The van der Waals surface area contributed by atoms with Crippen molar-refractivity contribution in [2.24, 2.45) is 0 Å². The van der Waals surface area contributed by atoms with Crippen LogP contribution in [0.2, 0.25) is 0 Å². The quantitative estimate of drug-likeness (QED) is 0.806. The third kappa shape index (κ3) is 3.45. The summed E-state index contributed by atoms with van der Waals surface area (Å²) in [6.07, 6.45) is 3.69. The van der Waals surface area contributed by atoms with Crippen molar-refractivity contribution < 1.29 is 4.79 Å². The summed E-state index contributed by atoms with van der Waals surface area (Å²) in [5, 5.41) is 7.95. The van der Waals surface area contributed by atoms with Gasteiger partial charge in [-0.05, 0) is 13.3 Å². The number of carbonyl (C=O) groups is 1. The van der Waals surface area contributed by atoms with Crippen molar-refractivity contribution in [1.82, 2.24) is 15.2 Å². The second kappa shape index (κ2) is 6.00. The molecule has 0 aliphatic carbocycles. The minimum absolute atomic E-state index is 0.196. The van der Waals surface area contributed by atoms with Crippen molar-refractivity contribution in [1.29, 1.82) is 0 Å². The highest BCUT2D eigenvalue weighted by Gasteiger charge is 2.03. The fourth-order valence-electron chi connectivity index (χ4n) is 1.69. The molecular formula is C14H15N3O. The predicted octanol–water partition coefficient (Wildman–Crippen LogP) is 2.45. The first-order valence-corrected chi connectivity index (χ1v) is 5.99. The summed E-state index contributed by atoms with van der Waals surface area (Å²) in [6, 6.07) is 9.87. The van der Waals surface area contributed by atoms with Crippen LogP contribution in [0.3, 0.4) is 0 Å². The van der Waals surface area contributed by atoms with E-state index in [0.29, 0.717) is 18.7 Å². The van der Waals surface area contributed by atoms with Crippen LogP contribution in [0.1, 0.15) is 25.6 Å². The van der Waals surface area contributed by atoms with E-state index < -0.39 is 0 Å². The lowest BCUT2D eigenvalue weighted by molar-refractivity contribution is -0.117. The molecule has 0 aliphatic rings. The van der Waals surface area contributed by atoms with Crippen molar-refractivity contribution in [3.63, 3.8) is 0 Å². The van der Waals surface area contributed by atoms with E-state index in [2.05, 4.69) is 15.2 Å². The van der Waals surface area contributed by atoms with Crippen LogP contribution in [-0.4, -0.2) is 21.0 Å². The van der Waals surface area contributed by atoms with E-state index in [1.54, 1.807) is 13.1 Å². The van der Waals surface area contributed by atoms with Gasteiger partial charge in [0.25, 0.3) is 0 Å². The van der Waals surface area contributed by atoms with Gasteiger partial charge >= 0.3 is 0 Å². The Morgan fingerprint density at radius 2 is 2.00 bits per heavy atom. The maximum absolute atomic E-state index is 10.9. The van der Waals surface area contributed by atoms with Crippen molar-refractivity contribution in [2.75, 3.05) is 0 Å². The van der Waals surface area contributed by atoms with Crippen LogP contribution < -0.4 is 0 Å². The predicted molar refractivity (Wildman–Crippen MR) is 68.9 cm³/mol. The Balaban J connectivity index is 2.08. The lowest BCUT2D eigenvalue weighted by Gasteiger charge is -2.02. The average molecular weight is 241 g/mol. The minimum Gasteiger partial charge on any atom is -0.300 e. The molecular weight excluding hydrogens is 226 g/mol. The van der Waals surface area contributed by atoms with E-state index >= 15 is 0 Å². The van der Waals surface area contributed by atoms with E-state index in [0.717, 1.165) is 17.7 Å². The van der Waals surface area contributed by atoms with Crippen LogP contribution in [0.15, 0.2) is 36.5 Å². The van der Waals surface area contributed by atoms with Crippen LogP contribution >= 0.6 is 0 Å². The highest BCUT2D eigenvalue weighted by molar-refractivity contribution is 5.75. The molecule has 0 aliphatic heterocycles. The second-order valence-electron chi connectivity index (χ2n) is 4.18. The molecule has 1 heterocycles. The van der Waals surface area contributed by atoms with Crippen LogP contribution in [-0.2, 0) is 11.2 Å². The maximum atomic E-state index is 10.9. The third-order valence-corrected chi connectivity index (χ3v) is 2.60. The van der Waals surface area contributed by atoms with Gasteiger partial charge in [-0.1, -0.05) is 30.3 Å². The summed E-state index contributed by atoms with van der Waals surface area (Å²) >= 11 is 0. The van der Waals surface area contributed by atoms with Crippen LogP contribution in [0.25, 0.3) is 11.3 Å². The van der Waals surface area contributed by atoms with Gasteiger partial charge in [0.2, 0.25) is 0 Å². The second-order valence-corrected chi connectivity index (χ2v) is 4.18. The maximum Gasteiger partial charge on any atom is 0.151 e. The molecule has 0 atom stereocenters. The average Bonchev–Trinajstić information content (AvgIpc) is 2.40. The number of carbonyl (C=O) groups excluding carboxylic acids is 1. The fraction of sp³-hybridized carbons (Fsp3) is 0.286.